The van der Waals surface area contributed by atoms with Gasteiger partial charge in [-0.25, -0.2) is 0 Å². The Hall–Kier alpha value is -0.570. The SMILES string of the molecule is CC(=O)NC1CCCC1N(C)C. The van der Waals surface area contributed by atoms with Gasteiger partial charge in [-0.1, -0.05) is 0 Å². The van der Waals surface area contributed by atoms with Crippen molar-refractivity contribution < 1.29 is 4.79 Å². The predicted octanol–water partition coefficient (Wildman–Crippen LogP) is 0.605. The maximum absolute atomic E-state index is 10.8. The second-order valence-corrected chi connectivity index (χ2v) is 3.77. The van der Waals surface area contributed by atoms with Crippen molar-refractivity contribution in [1.82, 2.24) is 10.2 Å². The first-order valence-corrected chi connectivity index (χ1v) is 4.55. The van der Waals surface area contributed by atoms with Crippen molar-refractivity contribution in [1.29, 1.82) is 0 Å². The van der Waals surface area contributed by atoms with Crippen molar-refractivity contribution in [2.24, 2.45) is 0 Å². The average molecular weight is 170 g/mol. The second-order valence-electron chi connectivity index (χ2n) is 3.77. The van der Waals surface area contributed by atoms with E-state index < -0.39 is 0 Å². The predicted molar refractivity (Wildman–Crippen MR) is 48.9 cm³/mol. The molecule has 1 amide bonds. The van der Waals surface area contributed by atoms with Gasteiger partial charge in [0.25, 0.3) is 0 Å². The third-order valence-electron chi connectivity index (χ3n) is 2.53. The molecule has 1 rings (SSSR count). The van der Waals surface area contributed by atoms with E-state index in [0.717, 1.165) is 6.42 Å². The second kappa shape index (κ2) is 3.90. The van der Waals surface area contributed by atoms with Crippen molar-refractivity contribution in [3.8, 4) is 0 Å². The molecule has 1 aliphatic rings. The lowest BCUT2D eigenvalue weighted by Gasteiger charge is -2.26. The Balaban J connectivity index is 2.46. The van der Waals surface area contributed by atoms with Gasteiger partial charge in [0.15, 0.2) is 0 Å². The number of nitrogens with zero attached hydrogens (tertiary/aromatic N) is 1. The zero-order valence-electron chi connectivity index (χ0n) is 8.13. The van der Waals surface area contributed by atoms with Crippen LogP contribution in [-0.4, -0.2) is 37.0 Å². The Kier molecular flexibility index (Phi) is 3.09. The van der Waals surface area contributed by atoms with E-state index in [9.17, 15) is 4.79 Å². The number of carbonyl (C=O) groups is 1. The van der Waals surface area contributed by atoms with E-state index in [4.69, 9.17) is 0 Å². The number of hydrogen-bond donors (Lipinski definition) is 1. The van der Waals surface area contributed by atoms with Gasteiger partial charge in [0.2, 0.25) is 5.91 Å². The van der Waals surface area contributed by atoms with Crippen LogP contribution in [0.2, 0.25) is 0 Å². The van der Waals surface area contributed by atoms with Crippen LogP contribution in [0, 0.1) is 0 Å². The normalized spacial score (nSPS) is 29.3. The van der Waals surface area contributed by atoms with Crippen LogP contribution in [0.5, 0.6) is 0 Å². The van der Waals surface area contributed by atoms with Gasteiger partial charge in [-0.2, -0.15) is 0 Å². The van der Waals surface area contributed by atoms with E-state index in [0.29, 0.717) is 12.1 Å². The summed E-state index contributed by atoms with van der Waals surface area (Å²) in [6.45, 7) is 1.59. The zero-order valence-corrected chi connectivity index (χ0v) is 8.13. The Labute approximate surface area is 74.1 Å². The standard InChI is InChI=1S/C9H18N2O/c1-7(12)10-8-5-4-6-9(8)11(2)3/h8-9H,4-6H2,1-3H3,(H,10,12). The Morgan fingerprint density at radius 2 is 2.08 bits per heavy atom. The van der Waals surface area contributed by atoms with E-state index in [2.05, 4.69) is 24.3 Å². The molecule has 0 spiro atoms. The number of rotatable bonds is 2. The number of likely N-dealkylation sites (N-methyl/N-ethyl adjacent to an activating group) is 1. The lowest BCUT2D eigenvalue weighted by atomic mass is 10.1. The average Bonchev–Trinajstić information content (AvgIpc) is 2.33. The van der Waals surface area contributed by atoms with E-state index in [1.54, 1.807) is 6.92 Å². The molecule has 0 aromatic heterocycles. The van der Waals surface area contributed by atoms with Crippen molar-refractivity contribution in [3.63, 3.8) is 0 Å². The molecule has 1 aliphatic carbocycles. The molecule has 12 heavy (non-hydrogen) atoms. The highest BCUT2D eigenvalue weighted by Gasteiger charge is 2.28. The highest BCUT2D eigenvalue weighted by atomic mass is 16.1. The van der Waals surface area contributed by atoms with Gasteiger partial charge in [0.05, 0.1) is 0 Å². The minimum atomic E-state index is 0.0914. The molecule has 0 heterocycles. The summed E-state index contributed by atoms with van der Waals surface area (Å²) >= 11 is 0. The summed E-state index contributed by atoms with van der Waals surface area (Å²) in [6.07, 6.45) is 3.56. The molecule has 1 N–H and O–H groups in total. The minimum Gasteiger partial charge on any atom is -0.352 e. The quantitative estimate of drug-likeness (QED) is 0.658. The molecule has 3 heteroatoms. The summed E-state index contributed by atoms with van der Waals surface area (Å²) in [7, 11) is 4.15. The minimum absolute atomic E-state index is 0.0914. The van der Waals surface area contributed by atoms with Gasteiger partial charge in [-0.15, -0.1) is 0 Å². The van der Waals surface area contributed by atoms with Crippen LogP contribution in [0.1, 0.15) is 26.2 Å². The van der Waals surface area contributed by atoms with Crippen LogP contribution in [0.15, 0.2) is 0 Å². The number of nitrogens with one attached hydrogen (secondary N) is 1. The van der Waals surface area contributed by atoms with Crippen molar-refractivity contribution in [2.75, 3.05) is 14.1 Å². The monoisotopic (exact) mass is 170 g/mol. The maximum atomic E-state index is 10.8. The van der Waals surface area contributed by atoms with E-state index in [1.165, 1.54) is 12.8 Å². The first-order valence-electron chi connectivity index (χ1n) is 4.55. The Morgan fingerprint density at radius 3 is 2.58 bits per heavy atom. The van der Waals surface area contributed by atoms with Crippen LogP contribution in [0.3, 0.4) is 0 Å². The summed E-state index contributed by atoms with van der Waals surface area (Å²) in [5.74, 6) is 0.0914. The molecule has 2 atom stereocenters. The van der Waals surface area contributed by atoms with Gasteiger partial charge >= 0.3 is 0 Å². The third kappa shape index (κ3) is 2.21. The lowest BCUT2D eigenvalue weighted by Crippen LogP contribution is -2.45. The molecule has 70 valence electrons. The van der Waals surface area contributed by atoms with Crippen LogP contribution in [-0.2, 0) is 4.79 Å². The molecule has 2 unspecified atom stereocenters. The van der Waals surface area contributed by atoms with Gasteiger partial charge in [0.1, 0.15) is 0 Å². The molecular weight excluding hydrogens is 152 g/mol. The van der Waals surface area contributed by atoms with E-state index in [-0.39, 0.29) is 5.91 Å². The Morgan fingerprint density at radius 1 is 1.42 bits per heavy atom. The summed E-state index contributed by atoms with van der Waals surface area (Å²) in [4.78, 5) is 13.0. The number of amides is 1. The summed E-state index contributed by atoms with van der Waals surface area (Å²) in [6, 6.07) is 0.909. The summed E-state index contributed by atoms with van der Waals surface area (Å²) in [5, 5.41) is 2.99. The first kappa shape index (κ1) is 9.52. The highest BCUT2D eigenvalue weighted by molar-refractivity contribution is 5.73. The van der Waals surface area contributed by atoms with Gasteiger partial charge in [0, 0.05) is 19.0 Å². The lowest BCUT2D eigenvalue weighted by molar-refractivity contribution is -0.119. The Bertz CT molecular complexity index is 168. The van der Waals surface area contributed by atoms with Gasteiger partial charge < -0.3 is 10.2 Å². The van der Waals surface area contributed by atoms with E-state index >= 15 is 0 Å². The molecule has 0 bridgehead atoms. The molecule has 0 saturated heterocycles. The maximum Gasteiger partial charge on any atom is 0.217 e. The van der Waals surface area contributed by atoms with Crippen LogP contribution in [0.25, 0.3) is 0 Å². The number of hydrogen-bond acceptors (Lipinski definition) is 2. The molecule has 3 nitrogen and oxygen atoms in total. The van der Waals surface area contributed by atoms with E-state index in [1.807, 2.05) is 0 Å². The smallest absolute Gasteiger partial charge is 0.217 e. The first-order chi connectivity index (χ1) is 5.61. The molecule has 0 radical (unpaired) electrons. The fourth-order valence-corrected chi connectivity index (χ4v) is 1.99. The highest BCUT2D eigenvalue weighted by Crippen LogP contribution is 2.22. The van der Waals surface area contributed by atoms with Gasteiger partial charge in [-0.3, -0.25) is 4.79 Å². The fraction of sp³-hybridized carbons (Fsp3) is 0.889. The topological polar surface area (TPSA) is 32.3 Å². The molecule has 0 aromatic rings. The van der Waals surface area contributed by atoms with Crippen molar-refractivity contribution >= 4 is 5.91 Å². The molecular formula is C9H18N2O. The summed E-state index contributed by atoms with van der Waals surface area (Å²) in [5.41, 5.74) is 0. The molecule has 0 aliphatic heterocycles. The molecule has 1 fully saturated rings. The van der Waals surface area contributed by atoms with Crippen LogP contribution >= 0.6 is 0 Å². The van der Waals surface area contributed by atoms with Crippen LogP contribution < -0.4 is 5.32 Å². The third-order valence-corrected chi connectivity index (χ3v) is 2.53. The van der Waals surface area contributed by atoms with Crippen molar-refractivity contribution in [2.45, 2.75) is 38.3 Å². The largest absolute Gasteiger partial charge is 0.352 e. The zero-order chi connectivity index (χ0) is 9.14. The number of carbonyl (C=O) groups excluding carboxylic acids is 1. The molecule has 1 saturated carbocycles. The summed E-state index contributed by atoms with van der Waals surface area (Å²) < 4.78 is 0. The van der Waals surface area contributed by atoms with Crippen molar-refractivity contribution in [3.05, 3.63) is 0 Å². The van der Waals surface area contributed by atoms with Crippen LogP contribution in [0.4, 0.5) is 0 Å². The fourth-order valence-electron chi connectivity index (χ4n) is 1.99. The van der Waals surface area contributed by atoms with Gasteiger partial charge in [-0.05, 0) is 33.4 Å². The molecule has 0 aromatic carbocycles.